The van der Waals surface area contributed by atoms with E-state index in [1.165, 1.54) is 0 Å². The first kappa shape index (κ1) is 11.6. The van der Waals surface area contributed by atoms with Gasteiger partial charge in [-0.1, -0.05) is 25.5 Å². The summed E-state index contributed by atoms with van der Waals surface area (Å²) in [5.74, 6) is -0.640. The van der Waals surface area contributed by atoms with Crippen LogP contribution in [-0.4, -0.2) is 11.1 Å². The lowest BCUT2D eigenvalue weighted by Gasteiger charge is -2.14. The van der Waals surface area contributed by atoms with Crippen molar-refractivity contribution in [3.8, 4) is 0 Å². The summed E-state index contributed by atoms with van der Waals surface area (Å²) in [5, 5.41) is 8.80. The summed E-state index contributed by atoms with van der Waals surface area (Å²) in [6.07, 6.45) is 2.08. The second-order valence-electron chi connectivity index (χ2n) is 3.75. The molecule has 0 fully saturated rings. The highest BCUT2D eigenvalue weighted by molar-refractivity contribution is 5.68. The number of carboxylic acids is 1. The van der Waals surface area contributed by atoms with Gasteiger partial charge in [-0.3, -0.25) is 4.79 Å². The summed E-state index contributed by atoms with van der Waals surface area (Å²) in [5.41, 5.74) is 7.36. The summed E-state index contributed by atoms with van der Waals surface area (Å²) in [4.78, 5) is 10.7. The van der Waals surface area contributed by atoms with Gasteiger partial charge in [0.15, 0.2) is 0 Å². The molecular formula is C12H17NO2. The zero-order valence-corrected chi connectivity index (χ0v) is 8.94. The number of aliphatic carboxylic acids is 1. The third kappa shape index (κ3) is 3.62. The van der Waals surface area contributed by atoms with Gasteiger partial charge in [0.05, 0.1) is 6.42 Å². The number of hydrogen-bond donors (Lipinski definition) is 2. The van der Waals surface area contributed by atoms with Gasteiger partial charge in [-0.2, -0.15) is 0 Å². The molecule has 3 N–H and O–H groups in total. The number of carboxylic acid groups (broad SMARTS) is 1. The fourth-order valence-corrected chi connectivity index (χ4v) is 1.71. The molecule has 0 saturated carbocycles. The first-order valence-corrected chi connectivity index (χ1v) is 5.20. The Balaban J connectivity index is 2.78. The summed E-state index contributed by atoms with van der Waals surface area (Å²) in [6.45, 7) is 2.06. The molecule has 15 heavy (non-hydrogen) atoms. The highest BCUT2D eigenvalue weighted by Gasteiger charge is 2.14. The van der Waals surface area contributed by atoms with E-state index >= 15 is 0 Å². The lowest BCUT2D eigenvalue weighted by atomic mass is 9.91. The number of hydrogen-bond acceptors (Lipinski definition) is 2. The molecule has 0 spiro atoms. The molecule has 0 heterocycles. The van der Waals surface area contributed by atoms with Crippen molar-refractivity contribution in [2.24, 2.45) is 0 Å². The Kier molecular flexibility index (Phi) is 4.16. The number of nitrogen functional groups attached to an aromatic ring is 1. The molecule has 0 aliphatic rings. The molecule has 1 aromatic rings. The van der Waals surface area contributed by atoms with Crippen LogP contribution < -0.4 is 5.73 Å². The van der Waals surface area contributed by atoms with E-state index in [9.17, 15) is 4.79 Å². The third-order valence-corrected chi connectivity index (χ3v) is 2.47. The minimum Gasteiger partial charge on any atom is -0.481 e. The summed E-state index contributed by atoms with van der Waals surface area (Å²) >= 11 is 0. The molecule has 0 aromatic heterocycles. The molecule has 1 aromatic carbocycles. The second-order valence-corrected chi connectivity index (χ2v) is 3.75. The van der Waals surface area contributed by atoms with Crippen LogP contribution in [0.5, 0.6) is 0 Å². The van der Waals surface area contributed by atoms with Crippen LogP contribution in [0.25, 0.3) is 0 Å². The van der Waals surface area contributed by atoms with E-state index in [2.05, 4.69) is 6.92 Å². The Hall–Kier alpha value is -1.51. The van der Waals surface area contributed by atoms with E-state index in [4.69, 9.17) is 10.8 Å². The molecule has 0 aliphatic heterocycles. The molecule has 82 valence electrons. The third-order valence-electron chi connectivity index (χ3n) is 2.47. The molecule has 3 nitrogen and oxygen atoms in total. The van der Waals surface area contributed by atoms with Gasteiger partial charge in [-0.25, -0.2) is 0 Å². The molecule has 0 bridgehead atoms. The maximum absolute atomic E-state index is 10.7. The zero-order valence-electron chi connectivity index (χ0n) is 8.94. The number of carbonyl (C=O) groups is 1. The van der Waals surface area contributed by atoms with E-state index in [1.54, 1.807) is 0 Å². The van der Waals surface area contributed by atoms with Crippen LogP contribution in [0.1, 0.15) is 37.7 Å². The van der Waals surface area contributed by atoms with Crippen molar-refractivity contribution in [2.75, 3.05) is 5.73 Å². The van der Waals surface area contributed by atoms with Crippen LogP contribution >= 0.6 is 0 Å². The van der Waals surface area contributed by atoms with Crippen LogP contribution in [0, 0.1) is 0 Å². The lowest BCUT2D eigenvalue weighted by molar-refractivity contribution is -0.137. The van der Waals surface area contributed by atoms with Crippen molar-refractivity contribution in [1.82, 2.24) is 0 Å². The number of nitrogens with two attached hydrogens (primary N) is 1. The zero-order chi connectivity index (χ0) is 11.3. The van der Waals surface area contributed by atoms with Crippen molar-refractivity contribution in [1.29, 1.82) is 0 Å². The SMILES string of the molecule is CCCC(CC(=O)O)c1ccc(N)cc1. The van der Waals surface area contributed by atoms with E-state index in [1.807, 2.05) is 24.3 Å². The normalized spacial score (nSPS) is 12.3. The van der Waals surface area contributed by atoms with Crippen molar-refractivity contribution in [3.05, 3.63) is 29.8 Å². The van der Waals surface area contributed by atoms with Crippen molar-refractivity contribution >= 4 is 11.7 Å². The van der Waals surface area contributed by atoms with Crippen LogP contribution in [0.15, 0.2) is 24.3 Å². The van der Waals surface area contributed by atoms with Gasteiger partial charge in [0.1, 0.15) is 0 Å². The lowest BCUT2D eigenvalue weighted by Crippen LogP contribution is -2.06. The molecule has 0 saturated heterocycles. The van der Waals surface area contributed by atoms with Gasteiger partial charge in [-0.15, -0.1) is 0 Å². The highest BCUT2D eigenvalue weighted by Crippen LogP contribution is 2.25. The maximum Gasteiger partial charge on any atom is 0.303 e. The molecule has 3 heteroatoms. The van der Waals surface area contributed by atoms with E-state index < -0.39 is 5.97 Å². The molecule has 0 aliphatic carbocycles. The molecule has 1 rings (SSSR count). The Labute approximate surface area is 89.9 Å². The van der Waals surface area contributed by atoms with Gasteiger partial charge in [-0.05, 0) is 30.0 Å². The van der Waals surface area contributed by atoms with Crippen molar-refractivity contribution < 1.29 is 9.90 Å². The predicted octanol–water partition coefficient (Wildman–Crippen LogP) is 2.63. The van der Waals surface area contributed by atoms with E-state index in [0.717, 1.165) is 18.4 Å². The van der Waals surface area contributed by atoms with Gasteiger partial charge in [0, 0.05) is 5.69 Å². The molecule has 0 radical (unpaired) electrons. The second kappa shape index (κ2) is 5.39. The maximum atomic E-state index is 10.7. The van der Waals surface area contributed by atoms with E-state index in [-0.39, 0.29) is 12.3 Å². The van der Waals surface area contributed by atoms with Gasteiger partial charge >= 0.3 is 5.97 Å². The minimum atomic E-state index is -0.745. The van der Waals surface area contributed by atoms with Crippen LogP contribution in [0.3, 0.4) is 0 Å². The molecule has 1 unspecified atom stereocenters. The van der Waals surface area contributed by atoms with Gasteiger partial charge < -0.3 is 10.8 Å². The van der Waals surface area contributed by atoms with E-state index in [0.29, 0.717) is 5.69 Å². The highest BCUT2D eigenvalue weighted by atomic mass is 16.4. The summed E-state index contributed by atoms with van der Waals surface area (Å²) in [6, 6.07) is 7.47. The minimum absolute atomic E-state index is 0.105. The van der Waals surface area contributed by atoms with Crippen molar-refractivity contribution in [2.45, 2.75) is 32.1 Å². The fraction of sp³-hybridized carbons (Fsp3) is 0.417. The Morgan fingerprint density at radius 2 is 2.00 bits per heavy atom. The monoisotopic (exact) mass is 207 g/mol. The Morgan fingerprint density at radius 1 is 1.40 bits per heavy atom. The first-order valence-electron chi connectivity index (χ1n) is 5.20. The van der Waals surface area contributed by atoms with Crippen LogP contribution in [0.2, 0.25) is 0 Å². The van der Waals surface area contributed by atoms with Crippen LogP contribution in [0.4, 0.5) is 5.69 Å². The fourth-order valence-electron chi connectivity index (χ4n) is 1.71. The number of benzene rings is 1. The topological polar surface area (TPSA) is 63.3 Å². The smallest absolute Gasteiger partial charge is 0.303 e. The standard InChI is InChI=1S/C12H17NO2/c1-2-3-10(8-12(14)15)9-4-6-11(13)7-5-9/h4-7,10H,2-3,8,13H2,1H3,(H,14,15). The Bertz CT molecular complexity index is 319. The van der Waals surface area contributed by atoms with Gasteiger partial charge in [0.2, 0.25) is 0 Å². The average molecular weight is 207 g/mol. The predicted molar refractivity (Wildman–Crippen MR) is 60.8 cm³/mol. The molecule has 0 amide bonds. The van der Waals surface area contributed by atoms with Crippen LogP contribution in [-0.2, 0) is 4.79 Å². The molecular weight excluding hydrogens is 190 g/mol. The number of rotatable bonds is 5. The first-order chi connectivity index (χ1) is 7.13. The van der Waals surface area contributed by atoms with Gasteiger partial charge in [0.25, 0.3) is 0 Å². The summed E-state index contributed by atoms with van der Waals surface area (Å²) < 4.78 is 0. The van der Waals surface area contributed by atoms with Crippen molar-refractivity contribution in [3.63, 3.8) is 0 Å². The number of anilines is 1. The molecule has 1 atom stereocenters. The largest absolute Gasteiger partial charge is 0.481 e. The summed E-state index contributed by atoms with van der Waals surface area (Å²) in [7, 11) is 0. The quantitative estimate of drug-likeness (QED) is 0.729. The Morgan fingerprint density at radius 3 is 2.47 bits per heavy atom. The average Bonchev–Trinajstić information content (AvgIpc) is 2.17.